The first-order valence-corrected chi connectivity index (χ1v) is 5.77. The molecule has 15 heavy (non-hydrogen) atoms. The van der Waals surface area contributed by atoms with Gasteiger partial charge in [0.1, 0.15) is 0 Å². The number of aromatic nitrogens is 2. The van der Waals surface area contributed by atoms with Gasteiger partial charge in [0, 0.05) is 6.04 Å². The van der Waals surface area contributed by atoms with Crippen molar-refractivity contribution in [2.45, 2.75) is 52.2 Å². The zero-order chi connectivity index (χ0) is 10.9. The van der Waals surface area contributed by atoms with Crippen molar-refractivity contribution in [1.29, 1.82) is 0 Å². The van der Waals surface area contributed by atoms with Crippen LogP contribution in [-0.4, -0.2) is 14.7 Å². The summed E-state index contributed by atoms with van der Waals surface area (Å²) in [5, 5.41) is 9.25. The number of imidazole rings is 1. The second-order valence-electron chi connectivity index (χ2n) is 5.20. The first-order chi connectivity index (χ1) is 7.15. The molecule has 3 heteroatoms. The molecular weight excluding hydrogens is 188 g/mol. The standard InChI is InChI=1S/C12H20N2O/c1-12(2)6-4-3-5-11(12)14-9-13-7-10(14)8-15/h7,9,11,15H,3-6,8H2,1-2H3. The summed E-state index contributed by atoms with van der Waals surface area (Å²) in [5.41, 5.74) is 1.26. The highest BCUT2D eigenvalue weighted by atomic mass is 16.3. The number of nitrogens with zero attached hydrogens (tertiary/aromatic N) is 2. The fraction of sp³-hybridized carbons (Fsp3) is 0.750. The van der Waals surface area contributed by atoms with Crippen molar-refractivity contribution in [2.24, 2.45) is 5.41 Å². The van der Waals surface area contributed by atoms with E-state index in [1.807, 2.05) is 6.33 Å². The molecule has 0 aromatic carbocycles. The van der Waals surface area contributed by atoms with E-state index in [0.717, 1.165) is 5.69 Å². The molecule has 0 radical (unpaired) electrons. The van der Waals surface area contributed by atoms with Crippen LogP contribution in [0.5, 0.6) is 0 Å². The summed E-state index contributed by atoms with van der Waals surface area (Å²) < 4.78 is 2.17. The van der Waals surface area contributed by atoms with Gasteiger partial charge in [0.05, 0.1) is 24.8 Å². The van der Waals surface area contributed by atoms with E-state index in [1.165, 1.54) is 25.7 Å². The molecule has 0 bridgehead atoms. The van der Waals surface area contributed by atoms with Crippen LogP contribution in [0, 0.1) is 5.41 Å². The van der Waals surface area contributed by atoms with Crippen molar-refractivity contribution in [3.8, 4) is 0 Å². The molecule has 1 aliphatic carbocycles. The van der Waals surface area contributed by atoms with Crippen LogP contribution in [0.2, 0.25) is 0 Å². The second-order valence-corrected chi connectivity index (χ2v) is 5.20. The molecule has 1 aromatic heterocycles. The molecule has 1 aromatic rings. The average molecular weight is 208 g/mol. The number of hydrogen-bond donors (Lipinski definition) is 1. The molecule has 3 nitrogen and oxygen atoms in total. The Bertz CT molecular complexity index is 330. The Hall–Kier alpha value is -0.830. The Morgan fingerprint density at radius 1 is 1.53 bits per heavy atom. The molecule has 1 unspecified atom stereocenters. The highest BCUT2D eigenvalue weighted by Gasteiger charge is 2.33. The molecule has 0 saturated heterocycles. The monoisotopic (exact) mass is 208 g/mol. The van der Waals surface area contributed by atoms with Crippen LogP contribution in [0.25, 0.3) is 0 Å². The molecule has 1 heterocycles. The minimum atomic E-state index is 0.0899. The minimum Gasteiger partial charge on any atom is -0.390 e. The molecule has 84 valence electrons. The topological polar surface area (TPSA) is 38.0 Å². The summed E-state index contributed by atoms with van der Waals surface area (Å²) in [7, 11) is 0. The Labute approximate surface area is 91.1 Å². The third-order valence-electron chi connectivity index (χ3n) is 3.69. The molecule has 0 amide bonds. The van der Waals surface area contributed by atoms with Crippen molar-refractivity contribution < 1.29 is 5.11 Å². The normalized spacial score (nSPS) is 25.4. The van der Waals surface area contributed by atoms with E-state index in [1.54, 1.807) is 6.20 Å². The SMILES string of the molecule is CC1(C)CCCCC1n1cncc1CO. The van der Waals surface area contributed by atoms with Gasteiger partial charge in [-0.2, -0.15) is 0 Å². The van der Waals surface area contributed by atoms with Crippen molar-refractivity contribution >= 4 is 0 Å². The van der Waals surface area contributed by atoms with Gasteiger partial charge in [-0.3, -0.25) is 0 Å². The van der Waals surface area contributed by atoms with E-state index in [2.05, 4.69) is 23.4 Å². The molecule has 1 saturated carbocycles. The second kappa shape index (κ2) is 3.97. The summed E-state index contributed by atoms with van der Waals surface area (Å²) in [6.07, 6.45) is 8.72. The van der Waals surface area contributed by atoms with Crippen LogP contribution in [0.1, 0.15) is 51.3 Å². The predicted octanol–water partition coefficient (Wildman–Crippen LogP) is 2.52. The summed E-state index contributed by atoms with van der Waals surface area (Å²) in [4.78, 5) is 4.14. The number of rotatable bonds is 2. The van der Waals surface area contributed by atoms with Crippen LogP contribution in [0.15, 0.2) is 12.5 Å². The molecule has 0 aliphatic heterocycles. The van der Waals surface area contributed by atoms with E-state index in [-0.39, 0.29) is 6.61 Å². The van der Waals surface area contributed by atoms with E-state index < -0.39 is 0 Å². The summed E-state index contributed by atoms with van der Waals surface area (Å²) in [6, 6.07) is 0.496. The van der Waals surface area contributed by atoms with Gasteiger partial charge < -0.3 is 9.67 Å². The van der Waals surface area contributed by atoms with Gasteiger partial charge in [-0.15, -0.1) is 0 Å². The highest BCUT2D eigenvalue weighted by Crippen LogP contribution is 2.44. The van der Waals surface area contributed by atoms with Crippen LogP contribution in [0.4, 0.5) is 0 Å². The van der Waals surface area contributed by atoms with Crippen molar-refractivity contribution in [3.63, 3.8) is 0 Å². The van der Waals surface area contributed by atoms with Crippen LogP contribution < -0.4 is 0 Å². The number of aliphatic hydroxyl groups is 1. The first kappa shape index (κ1) is 10.7. The lowest BCUT2D eigenvalue weighted by Crippen LogP contribution is -2.31. The molecular formula is C12H20N2O. The van der Waals surface area contributed by atoms with E-state index in [4.69, 9.17) is 0 Å². The van der Waals surface area contributed by atoms with Gasteiger partial charge >= 0.3 is 0 Å². The van der Waals surface area contributed by atoms with E-state index in [9.17, 15) is 5.11 Å². The lowest BCUT2D eigenvalue weighted by atomic mass is 9.73. The zero-order valence-electron chi connectivity index (χ0n) is 9.61. The maximum Gasteiger partial charge on any atom is 0.0951 e. The van der Waals surface area contributed by atoms with Crippen molar-refractivity contribution in [3.05, 3.63) is 18.2 Å². The lowest BCUT2D eigenvalue weighted by molar-refractivity contribution is 0.136. The lowest BCUT2D eigenvalue weighted by Gasteiger charge is -2.40. The maximum atomic E-state index is 9.25. The fourth-order valence-corrected chi connectivity index (χ4v) is 2.73. The summed E-state index contributed by atoms with van der Waals surface area (Å²) >= 11 is 0. The molecule has 1 fully saturated rings. The third-order valence-corrected chi connectivity index (χ3v) is 3.69. The van der Waals surface area contributed by atoms with E-state index >= 15 is 0 Å². The highest BCUT2D eigenvalue weighted by molar-refractivity contribution is 5.02. The van der Waals surface area contributed by atoms with Gasteiger partial charge in [0.2, 0.25) is 0 Å². The summed E-state index contributed by atoms with van der Waals surface area (Å²) in [6.45, 7) is 4.72. The van der Waals surface area contributed by atoms with Gasteiger partial charge in [-0.05, 0) is 18.3 Å². The summed E-state index contributed by atoms with van der Waals surface area (Å²) in [5.74, 6) is 0. The molecule has 0 spiro atoms. The van der Waals surface area contributed by atoms with Crippen LogP contribution in [0.3, 0.4) is 0 Å². The van der Waals surface area contributed by atoms with Crippen molar-refractivity contribution in [2.75, 3.05) is 0 Å². The van der Waals surface area contributed by atoms with Gasteiger partial charge in [-0.25, -0.2) is 4.98 Å². The number of hydrogen-bond acceptors (Lipinski definition) is 2. The van der Waals surface area contributed by atoms with Crippen LogP contribution in [-0.2, 0) is 6.61 Å². The quantitative estimate of drug-likeness (QED) is 0.811. The Morgan fingerprint density at radius 2 is 2.33 bits per heavy atom. The fourth-order valence-electron chi connectivity index (χ4n) is 2.73. The predicted molar refractivity (Wildman–Crippen MR) is 59.4 cm³/mol. The molecule has 1 atom stereocenters. The Morgan fingerprint density at radius 3 is 3.00 bits per heavy atom. The van der Waals surface area contributed by atoms with Crippen LogP contribution >= 0.6 is 0 Å². The van der Waals surface area contributed by atoms with Gasteiger partial charge in [0.15, 0.2) is 0 Å². The largest absolute Gasteiger partial charge is 0.390 e. The zero-order valence-corrected chi connectivity index (χ0v) is 9.61. The first-order valence-electron chi connectivity index (χ1n) is 5.77. The molecule has 1 N–H and O–H groups in total. The van der Waals surface area contributed by atoms with Gasteiger partial charge in [-0.1, -0.05) is 26.7 Å². The molecule has 1 aliphatic rings. The third kappa shape index (κ3) is 1.93. The number of aliphatic hydroxyl groups excluding tert-OH is 1. The van der Waals surface area contributed by atoms with Gasteiger partial charge in [0.25, 0.3) is 0 Å². The smallest absolute Gasteiger partial charge is 0.0951 e. The average Bonchev–Trinajstić information content (AvgIpc) is 2.64. The van der Waals surface area contributed by atoms with Crippen molar-refractivity contribution in [1.82, 2.24) is 9.55 Å². The van der Waals surface area contributed by atoms with E-state index in [0.29, 0.717) is 11.5 Å². The molecule has 2 rings (SSSR count). The maximum absolute atomic E-state index is 9.25. The Kier molecular flexibility index (Phi) is 2.83. The minimum absolute atomic E-state index is 0.0899. The Balaban J connectivity index is 2.28.